The van der Waals surface area contributed by atoms with Gasteiger partial charge in [0.1, 0.15) is 0 Å². The van der Waals surface area contributed by atoms with Gasteiger partial charge >= 0.3 is 0 Å². The molecule has 0 bridgehead atoms. The summed E-state index contributed by atoms with van der Waals surface area (Å²) in [6, 6.07) is 83.7. The molecule has 0 atom stereocenters. The minimum Gasteiger partial charge on any atom is -0.309 e. The van der Waals surface area contributed by atoms with E-state index in [0.717, 1.165) is 33.9 Å². The molecule has 0 spiro atoms. The molecule has 0 saturated carbocycles. The highest BCUT2D eigenvalue weighted by molar-refractivity contribution is 6.17. The zero-order valence-corrected chi connectivity index (χ0v) is 31.8. The Balaban J connectivity index is 1.12. The van der Waals surface area contributed by atoms with E-state index in [4.69, 9.17) is 0 Å². The van der Waals surface area contributed by atoms with Crippen LogP contribution in [0.1, 0.15) is 0 Å². The van der Waals surface area contributed by atoms with Crippen LogP contribution in [-0.2, 0) is 0 Å². The fraction of sp³-hybridized carbons (Fsp3) is 0. The van der Waals surface area contributed by atoms with Gasteiger partial charge in [-0.05, 0) is 98.6 Å². The first kappa shape index (κ1) is 33.6. The highest BCUT2D eigenvalue weighted by Crippen LogP contribution is 2.46. The van der Waals surface area contributed by atoms with Crippen LogP contribution in [0.25, 0.3) is 82.4 Å². The van der Waals surface area contributed by atoms with Gasteiger partial charge in [-0.1, -0.05) is 176 Å². The average molecular weight is 739 g/mol. The second kappa shape index (κ2) is 14.1. The highest BCUT2D eigenvalue weighted by atomic mass is 15.1. The van der Waals surface area contributed by atoms with Crippen molar-refractivity contribution in [2.24, 2.45) is 0 Å². The number of para-hydroxylation sites is 3. The van der Waals surface area contributed by atoms with Gasteiger partial charge in [0.2, 0.25) is 0 Å². The van der Waals surface area contributed by atoms with Gasteiger partial charge in [0.05, 0.1) is 22.4 Å². The van der Waals surface area contributed by atoms with Gasteiger partial charge in [-0.2, -0.15) is 0 Å². The summed E-state index contributed by atoms with van der Waals surface area (Å²) >= 11 is 0. The Labute approximate surface area is 338 Å². The van der Waals surface area contributed by atoms with Gasteiger partial charge in [-0.25, -0.2) is 0 Å². The van der Waals surface area contributed by atoms with Crippen LogP contribution in [0.15, 0.2) is 231 Å². The largest absolute Gasteiger partial charge is 0.309 e. The molecule has 0 N–H and O–H groups in total. The lowest BCUT2D eigenvalue weighted by Crippen LogP contribution is -2.12. The maximum absolute atomic E-state index is 2.46. The SMILES string of the molecule is c1ccc(-c2ccc(N(c3ccccc3-c3cccc(-c4cccc5c4c4ccccc4n5-c4ccccc4)c3)c3cc4ccccc4c4ccccc34)cc2)cc1. The van der Waals surface area contributed by atoms with E-state index in [9.17, 15) is 0 Å². The molecule has 0 fully saturated rings. The zero-order valence-electron chi connectivity index (χ0n) is 31.8. The molecule has 2 heteroatoms. The molecule has 0 aliphatic heterocycles. The summed E-state index contributed by atoms with van der Waals surface area (Å²) in [5, 5.41) is 7.42. The third-order valence-electron chi connectivity index (χ3n) is 11.6. The molecule has 1 aromatic heterocycles. The minimum atomic E-state index is 1.10. The molecule has 58 heavy (non-hydrogen) atoms. The van der Waals surface area contributed by atoms with Crippen LogP contribution in [0.5, 0.6) is 0 Å². The number of hydrogen-bond donors (Lipinski definition) is 0. The molecule has 11 rings (SSSR count). The first-order valence-electron chi connectivity index (χ1n) is 19.9. The molecule has 1 heterocycles. The van der Waals surface area contributed by atoms with E-state index < -0.39 is 0 Å². The molecular formula is C56H38N2. The molecule has 11 aromatic rings. The molecule has 0 aliphatic carbocycles. The van der Waals surface area contributed by atoms with Gasteiger partial charge < -0.3 is 9.47 Å². The van der Waals surface area contributed by atoms with Gasteiger partial charge in [-0.3, -0.25) is 0 Å². The lowest BCUT2D eigenvalue weighted by molar-refractivity contribution is 1.18. The van der Waals surface area contributed by atoms with Crippen LogP contribution < -0.4 is 4.90 Å². The first-order valence-corrected chi connectivity index (χ1v) is 19.9. The van der Waals surface area contributed by atoms with Crippen molar-refractivity contribution < 1.29 is 0 Å². The van der Waals surface area contributed by atoms with Crippen molar-refractivity contribution in [3.63, 3.8) is 0 Å². The maximum Gasteiger partial charge on any atom is 0.0547 e. The summed E-state index contributed by atoms with van der Waals surface area (Å²) in [4.78, 5) is 2.46. The van der Waals surface area contributed by atoms with E-state index >= 15 is 0 Å². The molecule has 0 amide bonds. The van der Waals surface area contributed by atoms with Gasteiger partial charge in [-0.15, -0.1) is 0 Å². The Hall–Kier alpha value is -7.68. The molecule has 0 unspecified atom stereocenters. The first-order chi connectivity index (χ1) is 28.8. The number of fused-ring (bicyclic) bond motifs is 6. The summed E-state index contributed by atoms with van der Waals surface area (Å²) in [7, 11) is 0. The quantitative estimate of drug-likeness (QED) is 0.148. The van der Waals surface area contributed by atoms with E-state index in [0.29, 0.717) is 0 Å². The smallest absolute Gasteiger partial charge is 0.0547 e. The summed E-state index contributed by atoms with van der Waals surface area (Å²) in [5.41, 5.74) is 14.0. The van der Waals surface area contributed by atoms with Gasteiger partial charge in [0.15, 0.2) is 0 Å². The van der Waals surface area contributed by atoms with Crippen LogP contribution >= 0.6 is 0 Å². The van der Waals surface area contributed by atoms with Gasteiger partial charge in [0.25, 0.3) is 0 Å². The summed E-state index contributed by atoms with van der Waals surface area (Å²) in [6.45, 7) is 0. The number of hydrogen-bond acceptors (Lipinski definition) is 1. The zero-order chi connectivity index (χ0) is 38.4. The lowest BCUT2D eigenvalue weighted by atomic mass is 9.94. The Bertz CT molecular complexity index is 3270. The Morgan fingerprint density at radius 3 is 1.67 bits per heavy atom. The van der Waals surface area contributed by atoms with E-state index in [2.05, 4.69) is 240 Å². The van der Waals surface area contributed by atoms with Crippen LogP contribution in [-0.4, -0.2) is 4.57 Å². The highest BCUT2D eigenvalue weighted by Gasteiger charge is 2.22. The van der Waals surface area contributed by atoms with E-state index in [-0.39, 0.29) is 0 Å². The van der Waals surface area contributed by atoms with Crippen molar-refractivity contribution in [3.05, 3.63) is 231 Å². The standard InChI is InChI=1S/C56H38N2/c1-3-17-39(18-4-1)40-33-35-45(36-34-40)58(55-38-43-19-7-8-24-46(43)49-26-9-10-27-50(49)55)52-30-13-11-25-47(52)41-20-15-21-42(37-41)48-29-16-32-54-56(48)51-28-12-14-31-53(51)57(54)44-22-5-2-6-23-44/h1-38H. The number of aromatic nitrogens is 1. The Kier molecular flexibility index (Phi) is 8.19. The molecule has 0 saturated heterocycles. The fourth-order valence-electron chi connectivity index (χ4n) is 8.94. The summed E-state index contributed by atoms with van der Waals surface area (Å²) < 4.78 is 2.39. The second-order valence-electron chi connectivity index (χ2n) is 14.9. The predicted molar refractivity (Wildman–Crippen MR) is 247 cm³/mol. The Morgan fingerprint density at radius 1 is 0.310 bits per heavy atom. The van der Waals surface area contributed by atoms with Crippen LogP contribution in [0, 0.1) is 0 Å². The topological polar surface area (TPSA) is 8.17 Å². The van der Waals surface area contributed by atoms with E-state index in [1.165, 1.54) is 65.6 Å². The molecule has 0 aliphatic rings. The van der Waals surface area contributed by atoms with E-state index in [1.807, 2.05) is 0 Å². The van der Waals surface area contributed by atoms with Crippen LogP contribution in [0.4, 0.5) is 17.1 Å². The fourth-order valence-corrected chi connectivity index (χ4v) is 8.94. The third-order valence-corrected chi connectivity index (χ3v) is 11.6. The monoisotopic (exact) mass is 738 g/mol. The van der Waals surface area contributed by atoms with Crippen molar-refractivity contribution in [2.45, 2.75) is 0 Å². The number of benzene rings is 10. The summed E-state index contributed by atoms with van der Waals surface area (Å²) in [5.74, 6) is 0. The molecule has 272 valence electrons. The van der Waals surface area contributed by atoms with Crippen LogP contribution in [0.2, 0.25) is 0 Å². The average Bonchev–Trinajstić information content (AvgIpc) is 3.65. The third kappa shape index (κ3) is 5.66. The molecular weight excluding hydrogens is 701 g/mol. The molecule has 0 radical (unpaired) electrons. The van der Waals surface area contributed by atoms with Gasteiger partial charge in [0, 0.05) is 33.1 Å². The van der Waals surface area contributed by atoms with Crippen LogP contribution in [0.3, 0.4) is 0 Å². The van der Waals surface area contributed by atoms with Crippen molar-refractivity contribution in [3.8, 4) is 39.1 Å². The Morgan fingerprint density at radius 2 is 0.862 bits per heavy atom. The molecule has 10 aromatic carbocycles. The number of anilines is 3. The molecule has 2 nitrogen and oxygen atoms in total. The minimum absolute atomic E-state index is 1.10. The summed E-state index contributed by atoms with van der Waals surface area (Å²) in [6.07, 6.45) is 0. The van der Waals surface area contributed by atoms with Crippen molar-refractivity contribution in [1.82, 2.24) is 4.57 Å². The van der Waals surface area contributed by atoms with Crippen molar-refractivity contribution >= 4 is 60.4 Å². The van der Waals surface area contributed by atoms with Crippen molar-refractivity contribution in [2.75, 3.05) is 4.90 Å². The predicted octanol–water partition coefficient (Wildman–Crippen LogP) is 15.6. The number of nitrogens with zero attached hydrogens (tertiary/aromatic N) is 2. The number of rotatable bonds is 7. The van der Waals surface area contributed by atoms with Crippen molar-refractivity contribution in [1.29, 1.82) is 0 Å². The maximum atomic E-state index is 2.46. The van der Waals surface area contributed by atoms with E-state index in [1.54, 1.807) is 0 Å². The lowest BCUT2D eigenvalue weighted by Gasteiger charge is -2.30. The second-order valence-corrected chi connectivity index (χ2v) is 14.9. The normalized spacial score (nSPS) is 11.4.